The minimum Gasteiger partial charge on any atom is -0.497 e. The molecule has 23 heavy (non-hydrogen) atoms. The van der Waals surface area contributed by atoms with Crippen molar-refractivity contribution in [3.8, 4) is 5.75 Å². The van der Waals surface area contributed by atoms with Crippen LogP contribution in [-0.4, -0.2) is 30.5 Å². The van der Waals surface area contributed by atoms with Crippen molar-refractivity contribution in [3.05, 3.63) is 35.3 Å². The Kier molecular flexibility index (Phi) is 4.29. The number of hydrogen-bond acceptors (Lipinski definition) is 5. The molecule has 1 aliphatic rings. The summed E-state index contributed by atoms with van der Waals surface area (Å²) in [6.07, 6.45) is 1.91. The Morgan fingerprint density at radius 1 is 1.48 bits per heavy atom. The smallest absolute Gasteiger partial charge is 0.231 e. The maximum absolute atomic E-state index is 12.3. The highest BCUT2D eigenvalue weighted by atomic mass is 32.1. The Morgan fingerprint density at radius 2 is 2.30 bits per heavy atom. The number of nitrogens with one attached hydrogen (secondary N) is 1. The topological polar surface area (TPSA) is 71.5 Å². The molecule has 120 valence electrons. The van der Waals surface area contributed by atoms with Gasteiger partial charge < -0.3 is 15.0 Å². The highest BCUT2D eigenvalue weighted by Crippen LogP contribution is 2.28. The molecule has 1 saturated heterocycles. The lowest BCUT2D eigenvalue weighted by Gasteiger charge is -2.17. The number of nitrogens with zero attached hydrogens (tertiary/aromatic N) is 2. The molecular weight excluding hydrogens is 314 g/mol. The number of amides is 2. The molecule has 2 aromatic rings. The summed E-state index contributed by atoms with van der Waals surface area (Å²) in [5.41, 5.74) is 0.745. The number of carbonyl (C=O) groups is 2. The van der Waals surface area contributed by atoms with Gasteiger partial charge in [0.2, 0.25) is 11.8 Å². The lowest BCUT2D eigenvalue weighted by atomic mass is 10.1. The molecule has 1 N–H and O–H groups in total. The Hall–Kier alpha value is -2.41. The van der Waals surface area contributed by atoms with Gasteiger partial charge in [0.25, 0.3) is 0 Å². The minimum atomic E-state index is -0.377. The second kappa shape index (κ2) is 6.37. The fourth-order valence-corrected chi connectivity index (χ4v) is 3.20. The Balaban J connectivity index is 1.70. The first-order chi connectivity index (χ1) is 11.1. The molecular formula is C16H17N3O3S. The van der Waals surface area contributed by atoms with E-state index in [0.717, 1.165) is 10.6 Å². The zero-order valence-corrected chi connectivity index (χ0v) is 13.7. The second-order valence-electron chi connectivity index (χ2n) is 5.37. The summed E-state index contributed by atoms with van der Waals surface area (Å²) in [6.45, 7) is 2.29. The predicted octanol–water partition coefficient (Wildman–Crippen LogP) is 2.45. The number of aryl methyl sites for hydroxylation is 1. The van der Waals surface area contributed by atoms with Gasteiger partial charge in [-0.05, 0) is 19.1 Å². The van der Waals surface area contributed by atoms with Crippen LogP contribution in [0.25, 0.3) is 0 Å². The van der Waals surface area contributed by atoms with E-state index in [1.165, 1.54) is 11.3 Å². The molecule has 1 aromatic heterocycles. The van der Waals surface area contributed by atoms with Crippen LogP contribution in [0, 0.1) is 12.8 Å². The molecule has 0 radical (unpaired) electrons. The molecule has 0 saturated carbocycles. The summed E-state index contributed by atoms with van der Waals surface area (Å²) in [5, 5.41) is 3.35. The molecule has 1 aromatic carbocycles. The summed E-state index contributed by atoms with van der Waals surface area (Å²) < 4.78 is 5.18. The van der Waals surface area contributed by atoms with Crippen molar-refractivity contribution in [1.82, 2.24) is 4.98 Å². The zero-order valence-electron chi connectivity index (χ0n) is 12.9. The quantitative estimate of drug-likeness (QED) is 0.934. The van der Waals surface area contributed by atoms with E-state index in [0.29, 0.717) is 17.4 Å². The van der Waals surface area contributed by atoms with Crippen LogP contribution in [0.2, 0.25) is 0 Å². The maximum atomic E-state index is 12.3. The number of thiazole rings is 1. The van der Waals surface area contributed by atoms with E-state index in [-0.39, 0.29) is 24.2 Å². The molecule has 0 aliphatic carbocycles. The van der Waals surface area contributed by atoms with Crippen molar-refractivity contribution in [2.24, 2.45) is 5.92 Å². The van der Waals surface area contributed by atoms with Crippen molar-refractivity contribution in [2.75, 3.05) is 23.9 Å². The third kappa shape index (κ3) is 3.34. The number of carbonyl (C=O) groups excluding carboxylic acids is 2. The fraction of sp³-hybridized carbons (Fsp3) is 0.312. The molecule has 2 amide bonds. The SMILES string of the molecule is COc1cccc(N2C[C@H](C(=O)Nc3ncc(C)s3)CC2=O)c1. The number of ether oxygens (including phenoxy) is 1. The summed E-state index contributed by atoms with van der Waals surface area (Å²) in [5.74, 6) is 0.0752. The number of benzene rings is 1. The lowest BCUT2D eigenvalue weighted by molar-refractivity contribution is -0.122. The van der Waals surface area contributed by atoms with Crippen molar-refractivity contribution >= 4 is 34.0 Å². The minimum absolute atomic E-state index is 0.0614. The van der Waals surface area contributed by atoms with Gasteiger partial charge in [-0.3, -0.25) is 9.59 Å². The second-order valence-corrected chi connectivity index (χ2v) is 6.61. The summed E-state index contributed by atoms with van der Waals surface area (Å²) in [7, 11) is 1.58. The van der Waals surface area contributed by atoms with Crippen LogP contribution >= 0.6 is 11.3 Å². The van der Waals surface area contributed by atoms with Crippen LogP contribution < -0.4 is 15.0 Å². The normalized spacial score (nSPS) is 17.4. The van der Waals surface area contributed by atoms with Crippen LogP contribution in [0.1, 0.15) is 11.3 Å². The van der Waals surface area contributed by atoms with Crippen LogP contribution in [0.3, 0.4) is 0 Å². The molecule has 3 rings (SSSR count). The number of aromatic nitrogens is 1. The third-order valence-electron chi connectivity index (χ3n) is 3.71. The molecule has 7 heteroatoms. The lowest BCUT2D eigenvalue weighted by Crippen LogP contribution is -2.28. The molecule has 1 fully saturated rings. The van der Waals surface area contributed by atoms with E-state index in [2.05, 4.69) is 10.3 Å². The number of rotatable bonds is 4. The van der Waals surface area contributed by atoms with E-state index in [1.54, 1.807) is 24.3 Å². The van der Waals surface area contributed by atoms with Gasteiger partial charge in [0.1, 0.15) is 5.75 Å². The van der Waals surface area contributed by atoms with E-state index < -0.39 is 0 Å². The summed E-state index contributed by atoms with van der Waals surface area (Å²) in [4.78, 5) is 31.3. The van der Waals surface area contributed by atoms with Gasteiger partial charge in [0, 0.05) is 35.8 Å². The van der Waals surface area contributed by atoms with E-state index >= 15 is 0 Å². The van der Waals surface area contributed by atoms with Crippen LogP contribution in [0.5, 0.6) is 5.75 Å². The summed E-state index contributed by atoms with van der Waals surface area (Å²) in [6, 6.07) is 7.28. The zero-order chi connectivity index (χ0) is 16.4. The van der Waals surface area contributed by atoms with Gasteiger partial charge >= 0.3 is 0 Å². The van der Waals surface area contributed by atoms with Crippen molar-refractivity contribution < 1.29 is 14.3 Å². The van der Waals surface area contributed by atoms with Gasteiger partial charge in [-0.2, -0.15) is 0 Å². The van der Waals surface area contributed by atoms with Crippen LogP contribution in [-0.2, 0) is 9.59 Å². The highest BCUT2D eigenvalue weighted by molar-refractivity contribution is 7.15. The van der Waals surface area contributed by atoms with Crippen LogP contribution in [0.15, 0.2) is 30.5 Å². The van der Waals surface area contributed by atoms with Gasteiger partial charge in [-0.1, -0.05) is 6.07 Å². The van der Waals surface area contributed by atoms with Gasteiger partial charge in [-0.15, -0.1) is 11.3 Å². The molecule has 1 atom stereocenters. The Labute approximate surface area is 138 Å². The van der Waals surface area contributed by atoms with Gasteiger partial charge in [0.15, 0.2) is 5.13 Å². The first-order valence-electron chi connectivity index (χ1n) is 7.24. The predicted molar refractivity (Wildman–Crippen MR) is 88.9 cm³/mol. The van der Waals surface area contributed by atoms with Crippen LogP contribution in [0.4, 0.5) is 10.8 Å². The number of hydrogen-bond donors (Lipinski definition) is 1. The molecule has 0 bridgehead atoms. The first-order valence-corrected chi connectivity index (χ1v) is 8.06. The van der Waals surface area contributed by atoms with Gasteiger partial charge in [-0.25, -0.2) is 4.98 Å². The number of anilines is 2. The highest BCUT2D eigenvalue weighted by Gasteiger charge is 2.35. The maximum Gasteiger partial charge on any atom is 0.231 e. The van der Waals surface area contributed by atoms with E-state index in [1.807, 2.05) is 25.1 Å². The third-order valence-corrected chi connectivity index (χ3v) is 4.54. The summed E-state index contributed by atoms with van der Waals surface area (Å²) >= 11 is 1.42. The number of methoxy groups -OCH3 is 1. The van der Waals surface area contributed by atoms with Gasteiger partial charge in [0.05, 0.1) is 13.0 Å². The molecule has 2 heterocycles. The average Bonchev–Trinajstić information content (AvgIpc) is 3.13. The van der Waals surface area contributed by atoms with E-state index in [4.69, 9.17) is 4.74 Å². The largest absolute Gasteiger partial charge is 0.497 e. The van der Waals surface area contributed by atoms with Crippen molar-refractivity contribution in [1.29, 1.82) is 0 Å². The molecule has 0 unspecified atom stereocenters. The average molecular weight is 331 g/mol. The van der Waals surface area contributed by atoms with Crippen molar-refractivity contribution in [3.63, 3.8) is 0 Å². The standard InChI is InChI=1S/C16H17N3O3S/c1-10-8-17-16(23-10)18-15(21)11-6-14(20)19(9-11)12-4-3-5-13(7-12)22-2/h3-5,7-8,11H,6,9H2,1-2H3,(H,17,18,21)/t11-/m1/s1. The monoisotopic (exact) mass is 331 g/mol. The Bertz CT molecular complexity index is 744. The van der Waals surface area contributed by atoms with E-state index in [9.17, 15) is 9.59 Å². The first kappa shape index (κ1) is 15.5. The van der Waals surface area contributed by atoms with Crippen molar-refractivity contribution in [2.45, 2.75) is 13.3 Å². The molecule has 1 aliphatic heterocycles. The fourth-order valence-electron chi connectivity index (χ4n) is 2.53. The molecule has 6 nitrogen and oxygen atoms in total. The molecule has 0 spiro atoms. The Morgan fingerprint density at radius 3 is 3.00 bits per heavy atom.